The highest BCUT2D eigenvalue weighted by molar-refractivity contribution is 6.00. The summed E-state index contributed by atoms with van der Waals surface area (Å²) < 4.78 is 6.60. The van der Waals surface area contributed by atoms with Crippen LogP contribution >= 0.6 is 0 Å². The molecule has 0 atom stereocenters. The molecule has 0 saturated heterocycles. The molecule has 0 radical (unpaired) electrons. The van der Waals surface area contributed by atoms with Crippen molar-refractivity contribution in [3.63, 3.8) is 0 Å². The van der Waals surface area contributed by atoms with Crippen molar-refractivity contribution < 1.29 is 9.53 Å². The fraction of sp³-hybridized carbons (Fsp3) is 0.0606. The first-order valence-electron chi connectivity index (χ1n) is 12.4. The number of benzene rings is 5. The zero-order valence-electron chi connectivity index (χ0n) is 20.4. The summed E-state index contributed by atoms with van der Waals surface area (Å²) in [5, 5.41) is 0. The molecule has 37 heavy (non-hydrogen) atoms. The zero-order valence-corrected chi connectivity index (χ0v) is 20.4. The van der Waals surface area contributed by atoms with Crippen molar-refractivity contribution in [1.82, 2.24) is 4.90 Å². The van der Waals surface area contributed by atoms with Gasteiger partial charge in [-0.3, -0.25) is 4.79 Å². The molecule has 0 unspecified atom stereocenters. The number of nitrogens with zero attached hydrogens (tertiary/aromatic N) is 2. The van der Waals surface area contributed by atoms with Crippen molar-refractivity contribution >= 4 is 23.0 Å². The average molecular weight is 481 g/mol. The SMILES string of the molecule is CN1Cc2cc(N3c4ccccc4-c4ccccc4Oc4ccccc4-c4ccccc43)ccc2C1=O. The van der Waals surface area contributed by atoms with E-state index in [0.29, 0.717) is 6.54 Å². The summed E-state index contributed by atoms with van der Waals surface area (Å²) in [5.41, 5.74) is 9.10. The summed E-state index contributed by atoms with van der Waals surface area (Å²) in [4.78, 5) is 16.7. The summed E-state index contributed by atoms with van der Waals surface area (Å²) in [6.45, 7) is 0.610. The van der Waals surface area contributed by atoms with Crippen LogP contribution in [-0.2, 0) is 6.54 Å². The largest absolute Gasteiger partial charge is 0.456 e. The molecule has 0 N–H and O–H groups in total. The molecule has 2 heterocycles. The molecule has 1 amide bonds. The molecule has 178 valence electrons. The van der Waals surface area contributed by atoms with E-state index in [9.17, 15) is 4.79 Å². The zero-order chi connectivity index (χ0) is 24.9. The van der Waals surface area contributed by atoms with Crippen LogP contribution in [0.25, 0.3) is 22.3 Å². The molecule has 5 aromatic rings. The van der Waals surface area contributed by atoms with Crippen LogP contribution in [0.1, 0.15) is 15.9 Å². The first-order valence-corrected chi connectivity index (χ1v) is 12.4. The quantitative estimate of drug-likeness (QED) is 0.238. The molecule has 0 aromatic heterocycles. The smallest absolute Gasteiger partial charge is 0.254 e. The van der Waals surface area contributed by atoms with Crippen molar-refractivity contribution in [3.05, 3.63) is 126 Å². The van der Waals surface area contributed by atoms with E-state index in [-0.39, 0.29) is 5.91 Å². The molecule has 2 aliphatic heterocycles. The summed E-state index contributed by atoms with van der Waals surface area (Å²) in [7, 11) is 1.85. The van der Waals surface area contributed by atoms with Gasteiger partial charge in [0, 0.05) is 47.1 Å². The van der Waals surface area contributed by atoms with E-state index in [1.54, 1.807) is 4.90 Å². The van der Waals surface area contributed by atoms with E-state index in [4.69, 9.17) is 4.74 Å². The summed E-state index contributed by atoms with van der Waals surface area (Å²) in [5.74, 6) is 1.69. The number of anilines is 3. The van der Waals surface area contributed by atoms with E-state index in [2.05, 4.69) is 77.7 Å². The van der Waals surface area contributed by atoms with Gasteiger partial charge in [-0.2, -0.15) is 0 Å². The third-order valence-corrected chi connectivity index (χ3v) is 7.20. The van der Waals surface area contributed by atoms with Crippen LogP contribution in [0, 0.1) is 0 Å². The maximum Gasteiger partial charge on any atom is 0.254 e. The van der Waals surface area contributed by atoms with Crippen molar-refractivity contribution in [2.75, 3.05) is 11.9 Å². The van der Waals surface area contributed by atoms with Gasteiger partial charge in [0.25, 0.3) is 5.91 Å². The van der Waals surface area contributed by atoms with Crippen LogP contribution in [-0.4, -0.2) is 17.9 Å². The van der Waals surface area contributed by atoms with Gasteiger partial charge in [0.1, 0.15) is 11.5 Å². The Bertz CT molecular complexity index is 1600. The molecule has 0 fully saturated rings. The number of ether oxygens (including phenoxy) is 1. The Balaban J connectivity index is 1.57. The maximum atomic E-state index is 12.6. The van der Waals surface area contributed by atoms with Crippen LogP contribution in [0.3, 0.4) is 0 Å². The number of hydrogen-bond donors (Lipinski definition) is 0. The van der Waals surface area contributed by atoms with Gasteiger partial charge in [0.2, 0.25) is 0 Å². The van der Waals surface area contributed by atoms with Gasteiger partial charge in [-0.1, -0.05) is 72.8 Å². The fourth-order valence-corrected chi connectivity index (χ4v) is 5.47. The van der Waals surface area contributed by atoms with Gasteiger partial charge >= 0.3 is 0 Å². The molecule has 7 rings (SSSR count). The van der Waals surface area contributed by atoms with Crippen LogP contribution in [0.15, 0.2) is 115 Å². The molecule has 0 bridgehead atoms. The maximum absolute atomic E-state index is 12.6. The average Bonchev–Trinajstić information content (AvgIpc) is 3.22. The number of carbonyl (C=O) groups excluding carboxylic acids is 1. The first-order chi connectivity index (χ1) is 18.2. The molecule has 4 heteroatoms. The van der Waals surface area contributed by atoms with Crippen molar-refractivity contribution in [1.29, 1.82) is 0 Å². The second-order valence-corrected chi connectivity index (χ2v) is 9.47. The second-order valence-electron chi connectivity index (χ2n) is 9.47. The third-order valence-electron chi connectivity index (χ3n) is 7.20. The molecular weight excluding hydrogens is 456 g/mol. The predicted molar refractivity (Wildman–Crippen MR) is 148 cm³/mol. The molecular formula is C33H24N2O2. The molecule has 0 spiro atoms. The third kappa shape index (κ3) is 3.41. The van der Waals surface area contributed by atoms with Crippen LogP contribution in [0.4, 0.5) is 17.1 Å². The topological polar surface area (TPSA) is 32.8 Å². The van der Waals surface area contributed by atoms with E-state index in [1.807, 2.05) is 49.5 Å². The number of carbonyl (C=O) groups is 1. The number of hydrogen-bond acceptors (Lipinski definition) is 3. The highest BCUT2D eigenvalue weighted by Gasteiger charge is 2.28. The normalized spacial score (nSPS) is 13.6. The van der Waals surface area contributed by atoms with Crippen LogP contribution in [0.5, 0.6) is 11.5 Å². The van der Waals surface area contributed by atoms with E-state index < -0.39 is 0 Å². The summed E-state index contributed by atoms with van der Waals surface area (Å²) in [6, 6.07) is 39.4. The van der Waals surface area contributed by atoms with Crippen molar-refractivity contribution in [3.8, 4) is 33.8 Å². The Morgan fingerprint density at radius 3 is 1.70 bits per heavy atom. The van der Waals surface area contributed by atoms with Crippen LogP contribution < -0.4 is 9.64 Å². The molecule has 4 nitrogen and oxygen atoms in total. The number of fused-ring (bicyclic) bond motifs is 7. The minimum atomic E-state index is 0.0725. The highest BCUT2D eigenvalue weighted by atomic mass is 16.5. The van der Waals surface area contributed by atoms with Gasteiger partial charge in [-0.25, -0.2) is 0 Å². The molecule has 5 aromatic carbocycles. The Labute approximate surface area is 216 Å². The van der Waals surface area contributed by atoms with Crippen molar-refractivity contribution in [2.24, 2.45) is 0 Å². The van der Waals surface area contributed by atoms with Gasteiger partial charge in [0.15, 0.2) is 0 Å². The Kier molecular flexibility index (Phi) is 4.86. The Morgan fingerprint density at radius 2 is 1.11 bits per heavy atom. The van der Waals surface area contributed by atoms with E-state index in [1.165, 1.54) is 0 Å². The number of para-hydroxylation sites is 4. The number of rotatable bonds is 1. The molecule has 0 aliphatic carbocycles. The Morgan fingerprint density at radius 1 is 0.595 bits per heavy atom. The lowest BCUT2D eigenvalue weighted by molar-refractivity contribution is 0.0816. The van der Waals surface area contributed by atoms with Crippen LogP contribution in [0.2, 0.25) is 0 Å². The number of amides is 1. The lowest BCUT2D eigenvalue weighted by atomic mass is 9.96. The fourth-order valence-electron chi connectivity index (χ4n) is 5.47. The molecule has 2 aliphatic rings. The van der Waals surface area contributed by atoms with E-state index >= 15 is 0 Å². The second kappa shape index (κ2) is 8.38. The van der Waals surface area contributed by atoms with Gasteiger partial charge in [0.05, 0.1) is 11.4 Å². The Hall–Kier alpha value is -4.83. The van der Waals surface area contributed by atoms with Gasteiger partial charge in [-0.05, 0) is 48.0 Å². The first kappa shape index (κ1) is 21.5. The van der Waals surface area contributed by atoms with Gasteiger partial charge in [-0.15, -0.1) is 0 Å². The molecule has 0 saturated carbocycles. The minimum Gasteiger partial charge on any atom is -0.456 e. The van der Waals surface area contributed by atoms with Gasteiger partial charge < -0.3 is 14.5 Å². The standard InChI is InChI=1S/C33H24N2O2/c1-34-21-22-20-23(18-19-24(22)33(34)36)35-29-14-6-2-10-25(29)27-12-4-8-16-31(27)37-32-17-9-5-13-28(32)26-11-3-7-15-30(26)35/h2-20H,21H2,1H3. The van der Waals surface area contributed by atoms with Crippen molar-refractivity contribution in [2.45, 2.75) is 6.54 Å². The summed E-state index contributed by atoms with van der Waals surface area (Å²) in [6.07, 6.45) is 0. The minimum absolute atomic E-state index is 0.0725. The predicted octanol–water partition coefficient (Wildman–Crippen LogP) is 8.18. The lowest BCUT2D eigenvalue weighted by Gasteiger charge is -2.31. The van der Waals surface area contributed by atoms with E-state index in [0.717, 1.165) is 61.9 Å². The summed E-state index contributed by atoms with van der Waals surface area (Å²) >= 11 is 0. The lowest BCUT2D eigenvalue weighted by Crippen LogP contribution is -2.17. The monoisotopic (exact) mass is 480 g/mol. The highest BCUT2D eigenvalue weighted by Crippen LogP contribution is 2.50.